The summed E-state index contributed by atoms with van der Waals surface area (Å²) in [4.78, 5) is 10.2. The summed E-state index contributed by atoms with van der Waals surface area (Å²) in [6, 6.07) is 2.09. The summed E-state index contributed by atoms with van der Waals surface area (Å²) in [6.45, 7) is 2.08. The van der Waals surface area contributed by atoms with E-state index in [0.717, 1.165) is 12.2 Å². The van der Waals surface area contributed by atoms with Crippen LogP contribution in [0.1, 0.15) is 18.4 Å². The summed E-state index contributed by atoms with van der Waals surface area (Å²) in [5.74, 6) is 0.191. The Balaban J connectivity index is 2.20. The van der Waals surface area contributed by atoms with Crippen LogP contribution in [0.5, 0.6) is 0 Å². The van der Waals surface area contributed by atoms with E-state index < -0.39 is 5.97 Å². The quantitative estimate of drug-likeness (QED) is 0.607. The smallest absolute Gasteiger partial charge is 0.303 e. The van der Waals surface area contributed by atoms with Gasteiger partial charge in [-0.2, -0.15) is 0 Å². The number of aryl methyl sites for hydroxylation is 1. The Morgan fingerprint density at radius 1 is 1.69 bits per heavy atom. The normalized spacial score (nSPS) is 10.2. The van der Waals surface area contributed by atoms with Crippen molar-refractivity contribution in [2.24, 2.45) is 0 Å². The largest absolute Gasteiger partial charge is 0.481 e. The van der Waals surface area contributed by atoms with E-state index >= 15 is 0 Å². The van der Waals surface area contributed by atoms with Crippen LogP contribution in [0.3, 0.4) is 0 Å². The maximum atomic E-state index is 10.2. The molecule has 0 amide bonds. The number of rotatable bonds is 5. The molecule has 1 rings (SSSR count). The van der Waals surface area contributed by atoms with Gasteiger partial charge in [0.1, 0.15) is 0 Å². The molecule has 0 aliphatic rings. The minimum Gasteiger partial charge on any atom is -0.481 e. The molecular formula is C9H12O2S2. The van der Waals surface area contributed by atoms with E-state index in [1.165, 1.54) is 9.77 Å². The maximum Gasteiger partial charge on any atom is 0.303 e. The third kappa shape index (κ3) is 3.83. The molecule has 1 aromatic rings. The molecule has 0 aliphatic heterocycles. The highest BCUT2D eigenvalue weighted by Gasteiger charge is 2.01. The fraction of sp³-hybridized carbons (Fsp3) is 0.444. The Kier molecular flexibility index (Phi) is 4.32. The van der Waals surface area contributed by atoms with Gasteiger partial charge in [-0.05, 0) is 36.1 Å². The molecule has 0 saturated heterocycles. The van der Waals surface area contributed by atoms with Gasteiger partial charge in [-0.25, -0.2) is 0 Å². The minimum absolute atomic E-state index is 0.275. The SMILES string of the molecule is Cc1ccsc1SCCCC(=O)O. The van der Waals surface area contributed by atoms with E-state index in [4.69, 9.17) is 5.11 Å². The molecular weight excluding hydrogens is 204 g/mol. The summed E-state index contributed by atoms with van der Waals surface area (Å²) in [5.41, 5.74) is 1.30. The van der Waals surface area contributed by atoms with Crippen molar-refractivity contribution in [2.45, 2.75) is 24.0 Å². The van der Waals surface area contributed by atoms with Crippen molar-refractivity contribution in [3.63, 3.8) is 0 Å². The highest BCUT2D eigenvalue weighted by molar-refractivity contribution is 8.01. The molecule has 0 bridgehead atoms. The third-order valence-corrected chi connectivity index (χ3v) is 4.11. The number of thioether (sulfide) groups is 1. The predicted octanol–water partition coefficient (Wildman–Crippen LogP) is 3.01. The monoisotopic (exact) mass is 216 g/mol. The Labute approximate surface area is 86.0 Å². The molecule has 1 N–H and O–H groups in total. The summed E-state index contributed by atoms with van der Waals surface area (Å²) in [7, 11) is 0. The van der Waals surface area contributed by atoms with Gasteiger partial charge in [0.2, 0.25) is 0 Å². The zero-order valence-corrected chi connectivity index (χ0v) is 9.08. The Morgan fingerprint density at radius 3 is 3.00 bits per heavy atom. The van der Waals surface area contributed by atoms with Crippen molar-refractivity contribution in [1.82, 2.24) is 0 Å². The highest BCUT2D eigenvalue weighted by Crippen LogP contribution is 2.28. The number of hydrogen-bond donors (Lipinski definition) is 1. The number of carboxylic acid groups (broad SMARTS) is 1. The van der Waals surface area contributed by atoms with Crippen molar-refractivity contribution < 1.29 is 9.90 Å². The van der Waals surface area contributed by atoms with Crippen molar-refractivity contribution in [3.8, 4) is 0 Å². The molecule has 0 fully saturated rings. The van der Waals surface area contributed by atoms with Crippen LogP contribution in [0.15, 0.2) is 15.7 Å². The average molecular weight is 216 g/mol. The molecule has 13 heavy (non-hydrogen) atoms. The number of carboxylic acids is 1. The van der Waals surface area contributed by atoms with E-state index in [1.807, 2.05) is 0 Å². The topological polar surface area (TPSA) is 37.3 Å². The van der Waals surface area contributed by atoms with E-state index in [2.05, 4.69) is 18.4 Å². The second-order valence-electron chi connectivity index (χ2n) is 2.74. The second kappa shape index (κ2) is 5.29. The first-order chi connectivity index (χ1) is 6.20. The lowest BCUT2D eigenvalue weighted by atomic mass is 10.3. The molecule has 2 nitrogen and oxygen atoms in total. The van der Waals surface area contributed by atoms with Crippen molar-refractivity contribution >= 4 is 29.1 Å². The summed E-state index contributed by atoms with van der Waals surface area (Å²) >= 11 is 3.47. The van der Waals surface area contributed by atoms with Gasteiger partial charge < -0.3 is 5.11 Å². The standard InChI is InChI=1S/C9H12O2S2/c1-7-4-6-13-9(7)12-5-2-3-8(10)11/h4,6H,2-3,5H2,1H3,(H,10,11). The van der Waals surface area contributed by atoms with E-state index in [9.17, 15) is 4.79 Å². The van der Waals surface area contributed by atoms with Crippen LogP contribution in [-0.2, 0) is 4.79 Å². The fourth-order valence-corrected chi connectivity index (χ4v) is 3.00. The van der Waals surface area contributed by atoms with Crippen molar-refractivity contribution in [2.75, 3.05) is 5.75 Å². The summed E-state index contributed by atoms with van der Waals surface area (Å²) in [5, 5.41) is 10.5. The van der Waals surface area contributed by atoms with Crippen molar-refractivity contribution in [3.05, 3.63) is 17.0 Å². The van der Waals surface area contributed by atoms with Gasteiger partial charge in [-0.15, -0.1) is 23.1 Å². The molecule has 72 valence electrons. The van der Waals surface area contributed by atoms with Crippen LogP contribution < -0.4 is 0 Å². The number of hydrogen-bond acceptors (Lipinski definition) is 3. The average Bonchev–Trinajstić information content (AvgIpc) is 2.45. The van der Waals surface area contributed by atoms with E-state index in [1.54, 1.807) is 23.1 Å². The number of thiophene rings is 1. The van der Waals surface area contributed by atoms with Gasteiger partial charge in [0, 0.05) is 6.42 Å². The lowest BCUT2D eigenvalue weighted by Crippen LogP contribution is -1.94. The fourth-order valence-electron chi connectivity index (χ4n) is 0.895. The summed E-state index contributed by atoms with van der Waals surface area (Å²) in [6.07, 6.45) is 1.02. The van der Waals surface area contributed by atoms with Crippen LogP contribution in [0.25, 0.3) is 0 Å². The van der Waals surface area contributed by atoms with Crippen LogP contribution in [0.4, 0.5) is 0 Å². The number of carbonyl (C=O) groups is 1. The minimum atomic E-state index is -0.705. The molecule has 4 heteroatoms. The molecule has 0 aromatic carbocycles. The van der Waals surface area contributed by atoms with Gasteiger partial charge in [-0.3, -0.25) is 4.79 Å². The van der Waals surface area contributed by atoms with E-state index in [0.29, 0.717) is 0 Å². The number of aliphatic carboxylic acids is 1. The Bertz CT molecular complexity index is 281. The second-order valence-corrected chi connectivity index (χ2v) is 5.02. The van der Waals surface area contributed by atoms with Crippen molar-refractivity contribution in [1.29, 1.82) is 0 Å². The van der Waals surface area contributed by atoms with Crippen LogP contribution in [0, 0.1) is 6.92 Å². The van der Waals surface area contributed by atoms with Gasteiger partial charge in [0.25, 0.3) is 0 Å². The van der Waals surface area contributed by atoms with Gasteiger partial charge in [0.05, 0.1) is 4.21 Å². The molecule has 0 spiro atoms. The highest BCUT2D eigenvalue weighted by atomic mass is 32.2. The summed E-state index contributed by atoms with van der Waals surface area (Å²) < 4.78 is 1.31. The van der Waals surface area contributed by atoms with Crippen LogP contribution in [0.2, 0.25) is 0 Å². The molecule has 0 unspecified atom stereocenters. The first-order valence-corrected chi connectivity index (χ1v) is 5.95. The zero-order chi connectivity index (χ0) is 9.68. The molecule has 0 aliphatic carbocycles. The maximum absolute atomic E-state index is 10.2. The van der Waals surface area contributed by atoms with Gasteiger partial charge >= 0.3 is 5.97 Å². The Morgan fingerprint density at radius 2 is 2.46 bits per heavy atom. The first kappa shape index (κ1) is 10.6. The van der Waals surface area contributed by atoms with E-state index in [-0.39, 0.29) is 6.42 Å². The molecule has 0 atom stereocenters. The van der Waals surface area contributed by atoms with Crippen LogP contribution >= 0.6 is 23.1 Å². The molecule has 1 heterocycles. The Hall–Kier alpha value is -0.480. The molecule has 0 radical (unpaired) electrons. The predicted molar refractivity (Wildman–Crippen MR) is 56.6 cm³/mol. The molecule has 0 saturated carbocycles. The van der Waals surface area contributed by atoms with Gasteiger partial charge in [-0.1, -0.05) is 0 Å². The van der Waals surface area contributed by atoms with Gasteiger partial charge in [0.15, 0.2) is 0 Å². The zero-order valence-electron chi connectivity index (χ0n) is 7.45. The lowest BCUT2D eigenvalue weighted by Gasteiger charge is -1.97. The lowest BCUT2D eigenvalue weighted by molar-refractivity contribution is -0.137. The first-order valence-electron chi connectivity index (χ1n) is 4.09. The third-order valence-electron chi connectivity index (χ3n) is 1.58. The van der Waals surface area contributed by atoms with Crippen LogP contribution in [-0.4, -0.2) is 16.8 Å². The molecule has 1 aromatic heterocycles.